The molecule has 0 atom stereocenters. The van der Waals surface area contributed by atoms with E-state index in [1.165, 1.54) is 0 Å². The Morgan fingerprint density at radius 3 is 3.00 bits per heavy atom. The van der Waals surface area contributed by atoms with E-state index >= 15 is 0 Å². The fourth-order valence-electron chi connectivity index (χ4n) is 1.47. The van der Waals surface area contributed by atoms with Gasteiger partial charge in [-0.05, 0) is 24.1 Å². The van der Waals surface area contributed by atoms with Gasteiger partial charge in [-0.25, -0.2) is 0 Å². The fraction of sp³-hybridized carbons (Fsp3) is 0.273. The van der Waals surface area contributed by atoms with Crippen LogP contribution >= 0.6 is 0 Å². The minimum absolute atomic E-state index is 0. The van der Waals surface area contributed by atoms with Crippen LogP contribution in [0, 0.1) is 0 Å². The minimum Gasteiger partial charge on any atom is -1.00 e. The standard InChI is InChI=1S/C11H12O3.Na.H/c1-3-4-8-5-9(12-2)11-10(6-8)13-7-14-11;;/h3,5-6H,1,4,7H2,2H3;;/q;+1;-1. The van der Waals surface area contributed by atoms with Gasteiger partial charge in [0.2, 0.25) is 12.5 Å². The van der Waals surface area contributed by atoms with Gasteiger partial charge in [-0.2, -0.15) is 0 Å². The molecule has 1 aromatic rings. The Balaban J connectivity index is 0.00000112. The monoisotopic (exact) mass is 216 g/mol. The van der Waals surface area contributed by atoms with Crippen molar-refractivity contribution in [3.8, 4) is 17.2 Å². The van der Waals surface area contributed by atoms with Gasteiger partial charge in [0.15, 0.2) is 11.5 Å². The second-order valence-corrected chi connectivity index (χ2v) is 3.02. The Labute approximate surface area is 113 Å². The summed E-state index contributed by atoms with van der Waals surface area (Å²) in [6, 6.07) is 3.89. The van der Waals surface area contributed by atoms with E-state index in [0.29, 0.717) is 5.75 Å². The summed E-state index contributed by atoms with van der Waals surface area (Å²) < 4.78 is 15.8. The summed E-state index contributed by atoms with van der Waals surface area (Å²) >= 11 is 0. The van der Waals surface area contributed by atoms with Crippen LogP contribution in [0.2, 0.25) is 0 Å². The molecule has 0 amide bonds. The zero-order chi connectivity index (χ0) is 9.97. The van der Waals surface area contributed by atoms with Crippen LogP contribution in [0.1, 0.15) is 6.99 Å². The van der Waals surface area contributed by atoms with Gasteiger partial charge in [0, 0.05) is 0 Å². The molecule has 0 unspecified atom stereocenters. The van der Waals surface area contributed by atoms with E-state index in [1.807, 2.05) is 18.2 Å². The molecule has 1 aromatic carbocycles. The summed E-state index contributed by atoms with van der Waals surface area (Å²) in [4.78, 5) is 0. The quantitative estimate of drug-likeness (QED) is 0.492. The van der Waals surface area contributed by atoms with Crippen LogP contribution in [0.15, 0.2) is 24.8 Å². The van der Waals surface area contributed by atoms with Crippen LogP contribution in [-0.4, -0.2) is 13.9 Å². The minimum atomic E-state index is 0. The first-order chi connectivity index (χ1) is 6.85. The normalized spacial score (nSPS) is 11.8. The van der Waals surface area contributed by atoms with Crippen LogP contribution in [-0.2, 0) is 6.42 Å². The molecule has 0 fully saturated rings. The van der Waals surface area contributed by atoms with Gasteiger partial charge in [-0.15, -0.1) is 6.58 Å². The Kier molecular flexibility index (Phi) is 4.51. The number of hydrogen-bond donors (Lipinski definition) is 0. The predicted octanol–water partition coefficient (Wildman–Crippen LogP) is -0.731. The molecule has 0 aromatic heterocycles. The van der Waals surface area contributed by atoms with Crippen molar-refractivity contribution < 1.29 is 45.2 Å². The van der Waals surface area contributed by atoms with Crippen molar-refractivity contribution in [1.29, 1.82) is 0 Å². The Morgan fingerprint density at radius 2 is 2.33 bits per heavy atom. The second kappa shape index (κ2) is 5.45. The van der Waals surface area contributed by atoms with Crippen molar-refractivity contribution in [2.75, 3.05) is 13.9 Å². The molecule has 0 spiro atoms. The average molecular weight is 216 g/mol. The summed E-state index contributed by atoms with van der Waals surface area (Å²) in [5, 5.41) is 0. The van der Waals surface area contributed by atoms with Gasteiger partial charge < -0.3 is 15.6 Å². The van der Waals surface area contributed by atoms with Gasteiger partial charge in [-0.1, -0.05) is 6.08 Å². The van der Waals surface area contributed by atoms with Gasteiger partial charge in [0.25, 0.3) is 0 Å². The maximum atomic E-state index is 5.29. The van der Waals surface area contributed by atoms with Crippen LogP contribution in [0.4, 0.5) is 0 Å². The first-order valence-corrected chi connectivity index (χ1v) is 4.42. The van der Waals surface area contributed by atoms with Gasteiger partial charge in [0.05, 0.1) is 7.11 Å². The van der Waals surface area contributed by atoms with E-state index in [9.17, 15) is 0 Å². The number of ether oxygens (including phenoxy) is 3. The molecule has 1 aliphatic heterocycles. The third-order valence-electron chi connectivity index (χ3n) is 2.10. The van der Waals surface area contributed by atoms with Gasteiger partial charge in [-0.3, -0.25) is 0 Å². The molecule has 15 heavy (non-hydrogen) atoms. The molecule has 3 nitrogen and oxygen atoms in total. The maximum absolute atomic E-state index is 5.29. The van der Waals surface area contributed by atoms with Crippen molar-refractivity contribution in [3.63, 3.8) is 0 Å². The zero-order valence-corrected chi connectivity index (χ0v) is 11.1. The largest absolute Gasteiger partial charge is 1.00 e. The Morgan fingerprint density at radius 1 is 1.53 bits per heavy atom. The van der Waals surface area contributed by atoms with Crippen molar-refractivity contribution in [2.45, 2.75) is 6.42 Å². The Hall–Kier alpha value is -0.640. The Bertz CT molecular complexity index is 368. The fourth-order valence-corrected chi connectivity index (χ4v) is 1.47. The molecule has 0 saturated heterocycles. The molecule has 0 bridgehead atoms. The number of rotatable bonds is 3. The first-order valence-electron chi connectivity index (χ1n) is 4.42. The third-order valence-corrected chi connectivity index (χ3v) is 2.10. The summed E-state index contributed by atoms with van der Waals surface area (Å²) in [7, 11) is 1.62. The molecule has 0 radical (unpaired) electrons. The van der Waals surface area contributed by atoms with Crippen molar-refractivity contribution >= 4 is 0 Å². The molecule has 4 heteroatoms. The molecule has 0 N–H and O–H groups in total. The molecule has 1 heterocycles. The number of allylic oxidation sites excluding steroid dienone is 1. The number of methoxy groups -OCH3 is 1. The number of fused-ring (bicyclic) bond motifs is 1. The molecule has 0 aliphatic carbocycles. The number of hydrogen-bond acceptors (Lipinski definition) is 3. The number of benzene rings is 1. The van der Waals surface area contributed by atoms with Crippen LogP contribution in [0.5, 0.6) is 17.2 Å². The second-order valence-electron chi connectivity index (χ2n) is 3.02. The summed E-state index contributed by atoms with van der Waals surface area (Å²) in [5.41, 5.74) is 1.11. The maximum Gasteiger partial charge on any atom is 1.00 e. The van der Waals surface area contributed by atoms with E-state index in [4.69, 9.17) is 14.2 Å². The van der Waals surface area contributed by atoms with Crippen LogP contribution < -0.4 is 43.8 Å². The smallest absolute Gasteiger partial charge is 1.00 e. The summed E-state index contributed by atoms with van der Waals surface area (Å²) in [6.07, 6.45) is 2.64. The molecule has 0 saturated carbocycles. The summed E-state index contributed by atoms with van der Waals surface area (Å²) in [5.74, 6) is 2.17. The zero-order valence-electron chi connectivity index (χ0n) is 10.1. The third kappa shape index (κ3) is 2.48. The van der Waals surface area contributed by atoms with Gasteiger partial charge >= 0.3 is 29.6 Å². The predicted molar refractivity (Wildman–Crippen MR) is 54.1 cm³/mol. The van der Waals surface area contributed by atoms with E-state index in [0.717, 1.165) is 23.5 Å². The van der Waals surface area contributed by atoms with Crippen molar-refractivity contribution in [3.05, 3.63) is 30.4 Å². The van der Waals surface area contributed by atoms with Crippen LogP contribution in [0.3, 0.4) is 0 Å². The van der Waals surface area contributed by atoms with Crippen LogP contribution in [0.25, 0.3) is 0 Å². The van der Waals surface area contributed by atoms with Gasteiger partial charge in [0.1, 0.15) is 0 Å². The topological polar surface area (TPSA) is 27.7 Å². The SMILES string of the molecule is C=CCc1cc(OC)c2c(c1)OCO2.[H-].[Na+]. The van der Waals surface area contributed by atoms with Crippen molar-refractivity contribution in [2.24, 2.45) is 0 Å². The molecule has 76 valence electrons. The molecular formula is C11H13NaO3. The van der Waals surface area contributed by atoms with Crippen molar-refractivity contribution in [1.82, 2.24) is 0 Å². The average Bonchev–Trinajstić information content (AvgIpc) is 2.65. The summed E-state index contributed by atoms with van der Waals surface area (Å²) in [6.45, 7) is 3.96. The molecular weight excluding hydrogens is 203 g/mol. The van der Waals surface area contributed by atoms with E-state index < -0.39 is 0 Å². The van der Waals surface area contributed by atoms with E-state index in [2.05, 4.69) is 6.58 Å². The molecule has 2 rings (SSSR count). The van der Waals surface area contributed by atoms with E-state index in [1.54, 1.807) is 7.11 Å². The van der Waals surface area contributed by atoms with E-state index in [-0.39, 0.29) is 37.8 Å². The molecule has 1 aliphatic rings. The first kappa shape index (κ1) is 12.4.